The smallest absolute Gasteiger partial charge is 0.296 e. The molecule has 42 heavy (non-hydrogen) atoms. The molecule has 0 saturated heterocycles. The van der Waals surface area contributed by atoms with Crippen LogP contribution in [0.15, 0.2) is 81.3 Å². The van der Waals surface area contributed by atoms with Crippen LogP contribution in [0, 0.1) is 11.6 Å². The van der Waals surface area contributed by atoms with Gasteiger partial charge in [-0.1, -0.05) is 36.4 Å². The second kappa shape index (κ2) is 12.6. The van der Waals surface area contributed by atoms with Crippen molar-refractivity contribution >= 4 is 15.7 Å². The minimum absolute atomic E-state index is 0.0168. The fourth-order valence-corrected chi connectivity index (χ4v) is 5.89. The third-order valence-electron chi connectivity index (χ3n) is 6.44. The fourth-order valence-electron chi connectivity index (χ4n) is 4.53. The first kappa shape index (κ1) is 30.5. The van der Waals surface area contributed by atoms with E-state index in [9.17, 15) is 27.5 Å². The van der Waals surface area contributed by atoms with Crippen molar-refractivity contribution in [1.29, 1.82) is 0 Å². The summed E-state index contributed by atoms with van der Waals surface area (Å²) in [6, 6.07) is 13.0. The highest BCUT2D eigenvalue weighted by atomic mass is 32.2. The van der Waals surface area contributed by atoms with Gasteiger partial charge in [-0.3, -0.25) is 14.2 Å². The Bertz CT molecular complexity index is 1810. The van der Waals surface area contributed by atoms with Crippen molar-refractivity contribution in [1.82, 2.24) is 9.55 Å². The van der Waals surface area contributed by atoms with Gasteiger partial charge in [-0.15, -0.1) is 0 Å². The average molecular weight is 600 g/mol. The fraction of sp³-hybridized carbons (Fsp3) is 0.207. The first-order valence-corrected chi connectivity index (χ1v) is 14.1. The molecule has 13 heteroatoms. The summed E-state index contributed by atoms with van der Waals surface area (Å²) in [5, 5.41) is 11.4. The van der Waals surface area contributed by atoms with Crippen LogP contribution in [0.2, 0.25) is 0 Å². The van der Waals surface area contributed by atoms with Gasteiger partial charge in [-0.05, 0) is 48.4 Å². The number of carbonyl (C=O) groups is 1. The predicted octanol–water partition coefficient (Wildman–Crippen LogP) is 3.60. The number of nitrogens with two attached hydrogens (primary N) is 1. The lowest BCUT2D eigenvalue weighted by molar-refractivity contribution is 0.100. The van der Waals surface area contributed by atoms with Crippen molar-refractivity contribution in [2.24, 2.45) is 5.73 Å². The van der Waals surface area contributed by atoms with Gasteiger partial charge in [0.05, 0.1) is 17.5 Å². The molecule has 1 unspecified atom stereocenters. The molecule has 0 bridgehead atoms. The van der Waals surface area contributed by atoms with Crippen molar-refractivity contribution in [3.8, 4) is 17.0 Å². The monoisotopic (exact) mass is 599 g/mol. The van der Waals surface area contributed by atoms with Crippen LogP contribution in [-0.2, 0) is 25.9 Å². The lowest BCUT2D eigenvalue weighted by Crippen LogP contribution is -2.29. The first-order chi connectivity index (χ1) is 20.0. The van der Waals surface area contributed by atoms with E-state index in [1.807, 2.05) is 0 Å². The Morgan fingerprint density at radius 1 is 1.07 bits per heavy atom. The van der Waals surface area contributed by atoms with Crippen molar-refractivity contribution in [3.05, 3.63) is 106 Å². The topological polar surface area (TPSA) is 151 Å². The lowest BCUT2D eigenvalue weighted by atomic mass is 9.99. The summed E-state index contributed by atoms with van der Waals surface area (Å²) in [7, 11) is -3.53. The van der Waals surface area contributed by atoms with Gasteiger partial charge in [0.1, 0.15) is 24.1 Å². The molecular weight excluding hydrogens is 572 g/mol. The van der Waals surface area contributed by atoms with Gasteiger partial charge in [0, 0.05) is 24.8 Å². The molecule has 0 radical (unpaired) electrons. The van der Waals surface area contributed by atoms with Gasteiger partial charge in [-0.25, -0.2) is 17.2 Å². The molecule has 0 aliphatic rings. The Morgan fingerprint density at radius 2 is 1.81 bits per heavy atom. The number of methoxy groups -OCH3 is 1. The maximum atomic E-state index is 15.4. The van der Waals surface area contributed by atoms with E-state index in [0.29, 0.717) is 6.07 Å². The number of aromatic hydroxyl groups is 1. The van der Waals surface area contributed by atoms with Gasteiger partial charge in [-0.2, -0.15) is 4.98 Å². The largest absolute Gasteiger partial charge is 0.493 e. The second-order valence-electron chi connectivity index (χ2n) is 9.07. The number of hydrogen-bond acceptors (Lipinski definition) is 8. The summed E-state index contributed by atoms with van der Waals surface area (Å²) in [6.07, 6.45) is 0. The van der Waals surface area contributed by atoms with Crippen LogP contribution in [0.4, 0.5) is 8.78 Å². The summed E-state index contributed by atoms with van der Waals surface area (Å²) in [5.74, 6) is -3.60. The van der Waals surface area contributed by atoms with Crippen LogP contribution < -0.4 is 11.3 Å². The third kappa shape index (κ3) is 5.93. The van der Waals surface area contributed by atoms with Crippen LogP contribution in [0.3, 0.4) is 0 Å². The van der Waals surface area contributed by atoms with E-state index >= 15 is 4.39 Å². The normalized spacial score (nSPS) is 12.3. The van der Waals surface area contributed by atoms with Gasteiger partial charge < -0.3 is 20.3 Å². The highest BCUT2D eigenvalue weighted by molar-refractivity contribution is 7.91. The zero-order chi connectivity index (χ0) is 30.6. The Hall–Kier alpha value is -4.46. The number of sulfone groups is 1. The number of primary amides is 1. The molecule has 0 saturated carbocycles. The lowest BCUT2D eigenvalue weighted by Gasteiger charge is -2.25. The number of carbonyl (C=O) groups excluding carboxylic acids is 1. The Kier molecular flexibility index (Phi) is 9.14. The predicted molar refractivity (Wildman–Crippen MR) is 148 cm³/mol. The van der Waals surface area contributed by atoms with Gasteiger partial charge in [0.15, 0.2) is 4.90 Å². The third-order valence-corrected chi connectivity index (χ3v) is 8.21. The number of aromatic nitrogens is 2. The molecule has 220 valence electrons. The molecule has 4 rings (SSSR count). The van der Waals surface area contributed by atoms with E-state index in [4.69, 9.17) is 15.2 Å². The maximum absolute atomic E-state index is 15.4. The van der Waals surface area contributed by atoms with Crippen molar-refractivity contribution in [2.45, 2.75) is 29.4 Å². The summed E-state index contributed by atoms with van der Waals surface area (Å²) in [6.45, 7) is 1.41. The maximum Gasteiger partial charge on any atom is 0.296 e. The molecule has 4 aromatic rings. The highest BCUT2D eigenvalue weighted by Crippen LogP contribution is 2.34. The number of ether oxygens (including phenoxy) is 2. The molecular formula is C29H27F2N3O7S. The summed E-state index contributed by atoms with van der Waals surface area (Å²) in [4.78, 5) is 27.0. The number of hydrogen-bond donors (Lipinski definition) is 2. The van der Waals surface area contributed by atoms with Gasteiger partial charge >= 0.3 is 0 Å². The van der Waals surface area contributed by atoms with Crippen molar-refractivity contribution in [3.63, 3.8) is 0 Å². The Balaban J connectivity index is 1.92. The quantitative estimate of drug-likeness (QED) is 0.266. The molecule has 3 N–H and O–H groups in total. The molecule has 3 aromatic carbocycles. The van der Waals surface area contributed by atoms with Crippen LogP contribution in [0.1, 0.15) is 34.7 Å². The molecule has 0 aliphatic carbocycles. The first-order valence-electron chi connectivity index (χ1n) is 12.6. The van der Waals surface area contributed by atoms with E-state index in [-0.39, 0.29) is 47.9 Å². The number of amides is 1. The zero-order valence-electron chi connectivity index (χ0n) is 22.6. The molecule has 0 spiro atoms. The molecule has 1 amide bonds. The molecule has 1 heterocycles. The van der Waals surface area contributed by atoms with Gasteiger partial charge in [0.2, 0.25) is 21.6 Å². The minimum Gasteiger partial charge on any atom is -0.493 e. The van der Waals surface area contributed by atoms with Crippen LogP contribution >= 0.6 is 0 Å². The summed E-state index contributed by atoms with van der Waals surface area (Å²) in [5.41, 5.74) is 4.41. The number of halogens is 2. The van der Waals surface area contributed by atoms with Crippen molar-refractivity contribution < 1.29 is 36.6 Å². The number of benzene rings is 3. The van der Waals surface area contributed by atoms with E-state index in [0.717, 1.165) is 22.8 Å². The highest BCUT2D eigenvalue weighted by Gasteiger charge is 2.33. The van der Waals surface area contributed by atoms with Gasteiger partial charge in [0.25, 0.3) is 5.56 Å². The molecule has 1 aromatic heterocycles. The van der Waals surface area contributed by atoms with E-state index in [2.05, 4.69) is 4.98 Å². The van der Waals surface area contributed by atoms with Crippen LogP contribution in [-0.4, -0.2) is 49.3 Å². The molecule has 1 atom stereocenters. The van der Waals surface area contributed by atoms with E-state index < -0.39 is 54.7 Å². The van der Waals surface area contributed by atoms with Crippen molar-refractivity contribution in [2.75, 3.05) is 20.3 Å². The second-order valence-corrected chi connectivity index (χ2v) is 11.0. The summed E-state index contributed by atoms with van der Waals surface area (Å²) >= 11 is 0. The standard InChI is InChI=1S/C29H27F2N3O7S/c1-3-41-16-25-33-28(36)26(29(37)34(25)24(15-40-2)17-7-6-8-18(30)13-17)42(38,39)19-11-12-21(23(31)14-19)20-9-4-5-10-22(20)27(32)35/h4-14,24,37H,3,15-16H2,1-2H3,(H2,32,35). The Labute approximate surface area is 239 Å². The molecule has 0 fully saturated rings. The number of rotatable bonds is 11. The average Bonchev–Trinajstić information content (AvgIpc) is 2.95. The van der Waals surface area contributed by atoms with Crippen LogP contribution in [0.25, 0.3) is 11.1 Å². The summed E-state index contributed by atoms with van der Waals surface area (Å²) < 4.78 is 68.6. The SMILES string of the molecule is CCOCc1nc(=O)c(S(=O)(=O)c2ccc(-c3ccccc3C(N)=O)c(F)c2)c(O)n1C(COC)c1cccc(F)c1. The van der Waals surface area contributed by atoms with E-state index in [1.54, 1.807) is 13.0 Å². The van der Waals surface area contributed by atoms with Crippen LogP contribution in [0.5, 0.6) is 5.88 Å². The minimum atomic E-state index is -4.88. The Morgan fingerprint density at radius 3 is 2.45 bits per heavy atom. The number of nitrogens with zero attached hydrogens (tertiary/aromatic N) is 2. The molecule has 0 aliphatic heterocycles. The molecule has 10 nitrogen and oxygen atoms in total. The zero-order valence-corrected chi connectivity index (χ0v) is 23.4. The van der Waals surface area contributed by atoms with E-state index in [1.165, 1.54) is 43.5 Å².